The number of fused-ring (bicyclic) bond motifs is 1. The molecule has 0 fully saturated rings. The Morgan fingerprint density at radius 3 is 2.64 bits per heavy atom. The minimum absolute atomic E-state index is 0.481. The quantitative estimate of drug-likeness (QED) is 0.375. The third kappa shape index (κ3) is 3.23. The van der Waals surface area contributed by atoms with Crippen LogP contribution in [0.1, 0.15) is 6.92 Å². The molecule has 1 heterocycles. The maximum atomic E-state index is 6.15. The molecule has 0 aliphatic rings. The molecule has 1 atom stereocenters. The van der Waals surface area contributed by atoms with Crippen molar-refractivity contribution < 1.29 is 4.74 Å². The highest BCUT2D eigenvalue weighted by molar-refractivity contribution is 8.13. The molecule has 0 saturated heterocycles. The van der Waals surface area contributed by atoms with Gasteiger partial charge in [-0.15, -0.1) is 16.9 Å². The summed E-state index contributed by atoms with van der Waals surface area (Å²) in [5, 5.41) is 9.35. The van der Waals surface area contributed by atoms with Crippen molar-refractivity contribution in [2.75, 3.05) is 12.9 Å². The molecule has 3 aromatic rings. The number of thioether (sulfide) groups is 1. The van der Waals surface area contributed by atoms with Gasteiger partial charge in [0.15, 0.2) is 0 Å². The van der Waals surface area contributed by atoms with E-state index in [1.54, 1.807) is 10.8 Å². The third-order valence-electron chi connectivity index (χ3n) is 3.79. The van der Waals surface area contributed by atoms with Crippen LogP contribution in [0, 0.1) is 0 Å². The fourth-order valence-electron chi connectivity index (χ4n) is 2.67. The Bertz CT molecular complexity index is 891. The summed E-state index contributed by atoms with van der Waals surface area (Å²) in [6, 6.07) is 17.6. The van der Waals surface area contributed by atoms with Crippen LogP contribution >= 0.6 is 11.8 Å². The van der Waals surface area contributed by atoms with E-state index in [0.717, 1.165) is 21.8 Å². The Labute approximate surface area is 151 Å². The molecule has 0 radical (unpaired) electrons. The molecular formula is C19H20N4OS. The number of nitrogens with zero attached hydrogens (tertiary/aromatic N) is 4. The lowest BCUT2D eigenvalue weighted by Gasteiger charge is -2.31. The SMILES string of the molecule is C=CC(OCC)(C(=Nc1ccccc1)SC)n1nnc2ccccc21. The van der Waals surface area contributed by atoms with Gasteiger partial charge in [-0.05, 0) is 43.5 Å². The molecule has 0 aliphatic carbocycles. The van der Waals surface area contributed by atoms with Gasteiger partial charge >= 0.3 is 0 Å². The Morgan fingerprint density at radius 2 is 1.96 bits per heavy atom. The fraction of sp³-hybridized carbons (Fsp3) is 0.211. The lowest BCUT2D eigenvalue weighted by atomic mass is 10.2. The van der Waals surface area contributed by atoms with Crippen molar-refractivity contribution in [3.05, 3.63) is 67.3 Å². The van der Waals surface area contributed by atoms with E-state index < -0.39 is 5.72 Å². The standard InChI is InChI=1S/C19H20N4OS/c1-4-19(24-5-2,18(25-3)20-15-11-7-6-8-12-15)23-17-14-10-9-13-16(17)21-22-23/h4,6-14H,1,5H2,2-3H3. The molecular weight excluding hydrogens is 332 g/mol. The smallest absolute Gasteiger partial charge is 0.231 e. The zero-order valence-electron chi connectivity index (χ0n) is 14.3. The molecule has 0 amide bonds. The molecule has 0 N–H and O–H groups in total. The predicted octanol–water partition coefficient (Wildman–Crippen LogP) is 4.40. The van der Waals surface area contributed by atoms with Gasteiger partial charge in [0.1, 0.15) is 10.6 Å². The first kappa shape index (κ1) is 17.4. The normalized spacial score (nSPS) is 14.4. The van der Waals surface area contributed by atoms with Crippen LogP contribution in [0.2, 0.25) is 0 Å². The Morgan fingerprint density at radius 1 is 1.24 bits per heavy atom. The van der Waals surface area contributed by atoms with Crippen molar-refractivity contribution in [3.63, 3.8) is 0 Å². The summed E-state index contributed by atoms with van der Waals surface area (Å²) in [6.45, 7) is 6.44. The van der Waals surface area contributed by atoms with Crippen LogP contribution in [0.3, 0.4) is 0 Å². The van der Waals surface area contributed by atoms with E-state index in [1.165, 1.54) is 11.8 Å². The summed E-state index contributed by atoms with van der Waals surface area (Å²) >= 11 is 1.51. The van der Waals surface area contributed by atoms with Gasteiger partial charge in [-0.1, -0.05) is 42.1 Å². The van der Waals surface area contributed by atoms with Crippen molar-refractivity contribution in [1.29, 1.82) is 0 Å². The van der Waals surface area contributed by atoms with Crippen molar-refractivity contribution in [2.45, 2.75) is 12.6 Å². The second-order valence-electron chi connectivity index (χ2n) is 5.28. The van der Waals surface area contributed by atoms with E-state index in [1.807, 2.05) is 67.8 Å². The van der Waals surface area contributed by atoms with Crippen molar-refractivity contribution in [3.8, 4) is 0 Å². The second-order valence-corrected chi connectivity index (χ2v) is 6.08. The van der Waals surface area contributed by atoms with Gasteiger partial charge in [0, 0.05) is 6.61 Å². The molecule has 0 saturated carbocycles. The third-order valence-corrected chi connectivity index (χ3v) is 4.56. The van der Waals surface area contributed by atoms with Crippen molar-refractivity contribution in [1.82, 2.24) is 15.0 Å². The van der Waals surface area contributed by atoms with Crippen LogP contribution < -0.4 is 0 Å². The first-order valence-corrected chi connectivity index (χ1v) is 9.24. The minimum atomic E-state index is -1.01. The van der Waals surface area contributed by atoms with Crippen LogP contribution in [0.5, 0.6) is 0 Å². The maximum Gasteiger partial charge on any atom is 0.231 e. The van der Waals surface area contributed by atoms with Gasteiger partial charge in [-0.25, -0.2) is 9.67 Å². The minimum Gasteiger partial charge on any atom is -0.345 e. The Hall–Kier alpha value is -2.44. The lowest BCUT2D eigenvalue weighted by molar-refractivity contribution is -0.00902. The number of ether oxygens (including phenoxy) is 1. The molecule has 6 heteroatoms. The molecule has 5 nitrogen and oxygen atoms in total. The molecule has 128 valence electrons. The largest absolute Gasteiger partial charge is 0.345 e. The van der Waals surface area contributed by atoms with Gasteiger partial charge in [-0.3, -0.25) is 0 Å². The Balaban J connectivity index is 2.21. The van der Waals surface area contributed by atoms with E-state index >= 15 is 0 Å². The number of hydrogen-bond acceptors (Lipinski definition) is 5. The summed E-state index contributed by atoms with van der Waals surface area (Å²) in [7, 11) is 0. The molecule has 0 spiro atoms. The second kappa shape index (κ2) is 7.63. The summed E-state index contributed by atoms with van der Waals surface area (Å²) in [5.74, 6) is 0. The van der Waals surface area contributed by atoms with E-state index in [2.05, 4.69) is 16.9 Å². The zero-order chi connectivity index (χ0) is 17.7. The molecule has 0 bridgehead atoms. The molecule has 3 rings (SSSR count). The monoisotopic (exact) mass is 352 g/mol. The molecule has 0 aliphatic heterocycles. The molecule has 1 aromatic heterocycles. The molecule has 25 heavy (non-hydrogen) atoms. The highest BCUT2D eigenvalue weighted by atomic mass is 32.2. The van der Waals surface area contributed by atoms with Gasteiger partial charge in [0.05, 0.1) is 11.2 Å². The van der Waals surface area contributed by atoms with Crippen LogP contribution in [-0.2, 0) is 10.5 Å². The number of benzene rings is 2. The maximum absolute atomic E-state index is 6.15. The van der Waals surface area contributed by atoms with Crippen LogP contribution in [0.25, 0.3) is 11.0 Å². The van der Waals surface area contributed by atoms with Crippen molar-refractivity contribution >= 4 is 33.5 Å². The molecule has 1 unspecified atom stereocenters. The van der Waals surface area contributed by atoms with Gasteiger partial charge in [-0.2, -0.15) is 0 Å². The average Bonchev–Trinajstić information content (AvgIpc) is 3.10. The summed E-state index contributed by atoms with van der Waals surface area (Å²) in [5.41, 5.74) is 1.50. The topological polar surface area (TPSA) is 52.3 Å². The lowest BCUT2D eigenvalue weighted by Crippen LogP contribution is -2.42. The highest BCUT2D eigenvalue weighted by Crippen LogP contribution is 2.32. The number of aliphatic imine (C=N–C) groups is 1. The number of rotatable bonds is 6. The molecule has 2 aromatic carbocycles. The number of hydrogen-bond donors (Lipinski definition) is 0. The predicted molar refractivity (Wildman–Crippen MR) is 104 cm³/mol. The summed E-state index contributed by atoms with van der Waals surface area (Å²) < 4.78 is 7.89. The highest BCUT2D eigenvalue weighted by Gasteiger charge is 2.38. The van der Waals surface area contributed by atoms with Crippen molar-refractivity contribution in [2.24, 2.45) is 4.99 Å². The average molecular weight is 352 g/mol. The number of aromatic nitrogens is 3. The first-order valence-electron chi connectivity index (χ1n) is 8.02. The summed E-state index contributed by atoms with van der Waals surface area (Å²) in [6.07, 6.45) is 3.70. The van der Waals surface area contributed by atoms with Crippen LogP contribution in [0.4, 0.5) is 5.69 Å². The van der Waals surface area contributed by atoms with E-state index in [4.69, 9.17) is 9.73 Å². The number of para-hydroxylation sites is 2. The zero-order valence-corrected chi connectivity index (χ0v) is 15.1. The van der Waals surface area contributed by atoms with Gasteiger partial charge < -0.3 is 4.74 Å². The van der Waals surface area contributed by atoms with E-state index in [0.29, 0.717) is 6.61 Å². The van der Waals surface area contributed by atoms with Crippen LogP contribution in [-0.4, -0.2) is 32.9 Å². The summed E-state index contributed by atoms with van der Waals surface area (Å²) in [4.78, 5) is 4.80. The van der Waals surface area contributed by atoms with E-state index in [-0.39, 0.29) is 0 Å². The first-order chi connectivity index (χ1) is 12.2. The van der Waals surface area contributed by atoms with Gasteiger partial charge in [0.2, 0.25) is 5.72 Å². The fourth-order valence-corrected chi connectivity index (χ4v) is 3.39. The van der Waals surface area contributed by atoms with Crippen LogP contribution in [0.15, 0.2) is 72.2 Å². The van der Waals surface area contributed by atoms with Gasteiger partial charge in [0.25, 0.3) is 0 Å². The van der Waals surface area contributed by atoms with E-state index in [9.17, 15) is 0 Å². The Kier molecular flexibility index (Phi) is 5.31.